The molecule has 0 saturated carbocycles. The molecule has 0 fully saturated rings. The lowest BCUT2D eigenvalue weighted by Crippen LogP contribution is -2.40. The molecule has 2 rings (SSSR count). The summed E-state index contributed by atoms with van der Waals surface area (Å²) in [4.78, 5) is 0. The average molecular weight is 259 g/mol. The molecule has 1 heteroatoms. The van der Waals surface area contributed by atoms with Gasteiger partial charge in [-0.05, 0) is 36.9 Å². The van der Waals surface area contributed by atoms with Crippen molar-refractivity contribution in [2.75, 3.05) is 6.54 Å². The van der Waals surface area contributed by atoms with E-state index < -0.39 is 0 Å². The first-order valence-electron chi connectivity index (χ1n) is 8.18. The molecule has 1 N–H and O–H groups in total. The van der Waals surface area contributed by atoms with Crippen LogP contribution >= 0.6 is 0 Å². The Morgan fingerprint density at radius 1 is 1.11 bits per heavy atom. The van der Waals surface area contributed by atoms with E-state index in [1.807, 2.05) is 0 Å². The van der Waals surface area contributed by atoms with Crippen molar-refractivity contribution in [3.05, 3.63) is 35.4 Å². The molecule has 0 radical (unpaired) electrons. The topological polar surface area (TPSA) is 12.0 Å². The molecule has 1 aliphatic rings. The molecule has 1 nitrogen and oxygen atoms in total. The van der Waals surface area contributed by atoms with E-state index in [4.69, 9.17) is 0 Å². The summed E-state index contributed by atoms with van der Waals surface area (Å²) in [6.07, 6.45) is 9.37. The van der Waals surface area contributed by atoms with Gasteiger partial charge in [0.25, 0.3) is 0 Å². The lowest BCUT2D eigenvalue weighted by Gasteiger charge is -2.37. The van der Waals surface area contributed by atoms with Crippen LogP contribution < -0.4 is 5.32 Å². The van der Waals surface area contributed by atoms with Gasteiger partial charge in [-0.3, -0.25) is 0 Å². The van der Waals surface area contributed by atoms with E-state index >= 15 is 0 Å². The summed E-state index contributed by atoms with van der Waals surface area (Å²) < 4.78 is 0. The molecule has 0 amide bonds. The molecule has 2 unspecified atom stereocenters. The Morgan fingerprint density at radius 3 is 2.68 bits per heavy atom. The molecule has 0 bridgehead atoms. The van der Waals surface area contributed by atoms with Crippen molar-refractivity contribution in [1.82, 2.24) is 5.32 Å². The highest BCUT2D eigenvalue weighted by Crippen LogP contribution is 2.38. The predicted molar refractivity (Wildman–Crippen MR) is 83.7 cm³/mol. The zero-order valence-electron chi connectivity index (χ0n) is 12.6. The van der Waals surface area contributed by atoms with Gasteiger partial charge in [-0.1, -0.05) is 63.8 Å². The molecule has 0 aromatic heterocycles. The predicted octanol–water partition coefficient (Wildman–Crippen LogP) is 4.66. The molecule has 0 aliphatic heterocycles. The monoisotopic (exact) mass is 259 g/mol. The van der Waals surface area contributed by atoms with Gasteiger partial charge in [-0.25, -0.2) is 0 Å². The first-order valence-corrected chi connectivity index (χ1v) is 8.18. The van der Waals surface area contributed by atoms with Gasteiger partial charge < -0.3 is 5.32 Å². The minimum Gasteiger partial charge on any atom is -0.313 e. The molecule has 0 spiro atoms. The number of fused-ring (bicyclic) bond motifs is 1. The molecule has 1 aromatic rings. The van der Waals surface area contributed by atoms with E-state index in [2.05, 4.69) is 43.4 Å². The third-order valence-corrected chi connectivity index (χ3v) is 4.41. The van der Waals surface area contributed by atoms with Crippen molar-refractivity contribution in [1.29, 1.82) is 0 Å². The van der Waals surface area contributed by atoms with Crippen molar-refractivity contribution < 1.29 is 0 Å². The number of rotatable bonds is 9. The second kappa shape index (κ2) is 7.69. The van der Waals surface area contributed by atoms with Crippen LogP contribution in [0.4, 0.5) is 0 Å². The maximum absolute atomic E-state index is 3.79. The van der Waals surface area contributed by atoms with Gasteiger partial charge in [0.1, 0.15) is 0 Å². The fraction of sp³-hybridized carbons (Fsp3) is 0.667. The second-order valence-electron chi connectivity index (χ2n) is 5.92. The fourth-order valence-electron chi connectivity index (χ4n) is 3.22. The molecule has 0 heterocycles. The normalized spacial score (nSPS) is 18.7. The van der Waals surface area contributed by atoms with Crippen molar-refractivity contribution in [2.45, 2.75) is 70.8 Å². The van der Waals surface area contributed by atoms with E-state index in [1.165, 1.54) is 44.9 Å². The first kappa shape index (κ1) is 14.6. The van der Waals surface area contributed by atoms with E-state index in [0.29, 0.717) is 6.04 Å². The Kier molecular flexibility index (Phi) is 5.91. The number of benzene rings is 1. The van der Waals surface area contributed by atoms with Crippen LogP contribution in [0, 0.1) is 0 Å². The quantitative estimate of drug-likeness (QED) is 0.636. The summed E-state index contributed by atoms with van der Waals surface area (Å²) in [5, 5.41) is 3.79. The molecule has 19 heavy (non-hydrogen) atoms. The van der Waals surface area contributed by atoms with E-state index in [-0.39, 0.29) is 0 Å². The zero-order chi connectivity index (χ0) is 13.5. The van der Waals surface area contributed by atoms with Crippen molar-refractivity contribution in [3.63, 3.8) is 0 Å². The maximum Gasteiger partial charge on any atom is 0.0139 e. The minimum atomic E-state index is 0.701. The third kappa shape index (κ3) is 3.82. The van der Waals surface area contributed by atoms with Crippen LogP contribution in [0.1, 0.15) is 69.4 Å². The van der Waals surface area contributed by atoms with Gasteiger partial charge in [-0.2, -0.15) is 0 Å². The van der Waals surface area contributed by atoms with Gasteiger partial charge >= 0.3 is 0 Å². The largest absolute Gasteiger partial charge is 0.313 e. The van der Waals surface area contributed by atoms with E-state index in [0.717, 1.165) is 12.5 Å². The number of hydrogen-bond acceptors (Lipinski definition) is 1. The highest BCUT2D eigenvalue weighted by molar-refractivity contribution is 5.41. The van der Waals surface area contributed by atoms with Gasteiger partial charge in [0.2, 0.25) is 0 Å². The highest BCUT2D eigenvalue weighted by atomic mass is 14.9. The summed E-state index contributed by atoms with van der Waals surface area (Å²) in [7, 11) is 0. The third-order valence-electron chi connectivity index (χ3n) is 4.41. The molecular weight excluding hydrogens is 230 g/mol. The lowest BCUT2D eigenvalue weighted by molar-refractivity contribution is 0.367. The van der Waals surface area contributed by atoms with Crippen molar-refractivity contribution >= 4 is 0 Å². The molecule has 2 atom stereocenters. The van der Waals surface area contributed by atoms with E-state index in [1.54, 1.807) is 11.1 Å². The molecule has 1 aliphatic carbocycles. The van der Waals surface area contributed by atoms with Crippen LogP contribution in [0.15, 0.2) is 24.3 Å². The van der Waals surface area contributed by atoms with Gasteiger partial charge in [0.05, 0.1) is 0 Å². The number of nitrogens with one attached hydrogen (secondary N) is 1. The Bertz CT molecular complexity index is 372. The van der Waals surface area contributed by atoms with Crippen LogP contribution in [-0.2, 0) is 6.42 Å². The van der Waals surface area contributed by atoms with Gasteiger partial charge in [0, 0.05) is 12.0 Å². The van der Waals surface area contributed by atoms with Crippen LogP contribution in [-0.4, -0.2) is 12.6 Å². The molecule has 0 saturated heterocycles. The van der Waals surface area contributed by atoms with Crippen LogP contribution in [0.3, 0.4) is 0 Å². The Morgan fingerprint density at radius 2 is 1.95 bits per heavy atom. The first-order chi connectivity index (χ1) is 9.36. The van der Waals surface area contributed by atoms with Crippen LogP contribution in [0.5, 0.6) is 0 Å². The van der Waals surface area contributed by atoms with Crippen molar-refractivity contribution in [3.8, 4) is 0 Å². The summed E-state index contributed by atoms with van der Waals surface area (Å²) in [5.74, 6) is 0.768. The van der Waals surface area contributed by atoms with Crippen LogP contribution in [0.25, 0.3) is 0 Å². The van der Waals surface area contributed by atoms with Crippen molar-refractivity contribution in [2.24, 2.45) is 0 Å². The number of hydrogen-bond donors (Lipinski definition) is 1. The summed E-state index contributed by atoms with van der Waals surface area (Å²) >= 11 is 0. The Hall–Kier alpha value is -0.820. The summed E-state index contributed by atoms with van der Waals surface area (Å²) in [5.41, 5.74) is 3.18. The van der Waals surface area contributed by atoms with Crippen LogP contribution in [0.2, 0.25) is 0 Å². The zero-order valence-corrected chi connectivity index (χ0v) is 12.6. The Balaban J connectivity index is 1.87. The molecule has 1 aromatic carbocycles. The van der Waals surface area contributed by atoms with Gasteiger partial charge in [0.15, 0.2) is 0 Å². The summed E-state index contributed by atoms with van der Waals surface area (Å²) in [6, 6.07) is 9.69. The minimum absolute atomic E-state index is 0.701. The van der Waals surface area contributed by atoms with E-state index in [9.17, 15) is 0 Å². The average Bonchev–Trinajstić information content (AvgIpc) is 2.41. The SMILES string of the molecule is CCCCCCC(NCCC)C1Cc2ccccc21. The Labute approximate surface area is 118 Å². The standard InChI is InChI=1S/C18H29N/c1-3-5-6-7-12-18(19-13-4-2)17-14-15-10-8-9-11-16(15)17/h8-11,17-19H,3-7,12-14H2,1-2H3. The summed E-state index contributed by atoms with van der Waals surface area (Å²) in [6.45, 7) is 5.71. The second-order valence-corrected chi connectivity index (χ2v) is 5.92. The molecular formula is C18H29N. The molecule has 106 valence electrons. The highest BCUT2D eigenvalue weighted by Gasteiger charge is 2.31. The smallest absolute Gasteiger partial charge is 0.0139 e. The fourth-order valence-corrected chi connectivity index (χ4v) is 3.22. The number of unbranched alkanes of at least 4 members (excludes halogenated alkanes) is 3. The maximum atomic E-state index is 3.79. The lowest BCUT2D eigenvalue weighted by atomic mass is 9.72. The van der Waals surface area contributed by atoms with Gasteiger partial charge in [-0.15, -0.1) is 0 Å².